The molecular weight excluding hydrogens is 304 g/mol. The minimum Gasteiger partial charge on any atom is -0.475 e. The summed E-state index contributed by atoms with van der Waals surface area (Å²) in [5, 5.41) is 19.7. The Morgan fingerprint density at radius 3 is 2.74 bits per heavy atom. The lowest BCUT2D eigenvalue weighted by molar-refractivity contribution is -0.384. The number of hydrogen-bond acceptors (Lipinski definition) is 5. The highest BCUT2D eigenvalue weighted by Crippen LogP contribution is 2.32. The number of nitro groups is 1. The van der Waals surface area contributed by atoms with Crippen LogP contribution in [0, 0.1) is 10.1 Å². The zero-order chi connectivity index (χ0) is 16.6. The monoisotopic (exact) mass is 316 g/mol. The van der Waals surface area contributed by atoms with E-state index in [9.17, 15) is 19.7 Å². The molecule has 0 unspecified atom stereocenters. The van der Waals surface area contributed by atoms with Gasteiger partial charge in [-0.2, -0.15) is 0 Å². The fourth-order valence-electron chi connectivity index (χ4n) is 2.57. The molecule has 0 atom stereocenters. The molecule has 8 nitrogen and oxygen atoms in total. The Labute approximate surface area is 130 Å². The molecule has 1 amide bonds. The minimum absolute atomic E-state index is 0.0239. The molecule has 1 aliphatic rings. The fourth-order valence-corrected chi connectivity index (χ4v) is 2.57. The molecule has 118 valence electrons. The van der Waals surface area contributed by atoms with Crippen molar-refractivity contribution in [3.05, 3.63) is 57.5 Å². The van der Waals surface area contributed by atoms with Crippen molar-refractivity contribution < 1.29 is 24.0 Å². The molecule has 1 aromatic heterocycles. The topological polar surface area (TPSA) is 114 Å². The maximum atomic E-state index is 12.2. The first-order valence-corrected chi connectivity index (χ1v) is 6.85. The molecule has 0 fully saturated rings. The summed E-state index contributed by atoms with van der Waals surface area (Å²) in [6.07, 6.45) is 0.672. The van der Waals surface area contributed by atoms with E-state index in [0.29, 0.717) is 23.4 Å². The van der Waals surface area contributed by atoms with Crippen LogP contribution >= 0.6 is 0 Å². The predicted molar refractivity (Wildman–Crippen MR) is 78.3 cm³/mol. The van der Waals surface area contributed by atoms with Crippen molar-refractivity contribution in [1.82, 2.24) is 0 Å². The molecule has 1 aromatic carbocycles. The number of non-ortho nitro benzene ring substituents is 1. The van der Waals surface area contributed by atoms with E-state index in [4.69, 9.17) is 9.52 Å². The maximum absolute atomic E-state index is 12.2. The van der Waals surface area contributed by atoms with Crippen LogP contribution in [0.15, 0.2) is 34.7 Å². The Hall–Kier alpha value is -3.16. The maximum Gasteiger partial charge on any atom is 0.371 e. The van der Waals surface area contributed by atoms with Crippen LogP contribution in [-0.4, -0.2) is 21.9 Å². The summed E-state index contributed by atoms with van der Waals surface area (Å²) in [6, 6.07) is 7.15. The van der Waals surface area contributed by atoms with Crippen molar-refractivity contribution in [3.63, 3.8) is 0 Å². The van der Waals surface area contributed by atoms with Crippen molar-refractivity contribution >= 4 is 23.3 Å². The van der Waals surface area contributed by atoms with Gasteiger partial charge in [0.15, 0.2) is 0 Å². The number of rotatable bonds is 4. The molecule has 0 bridgehead atoms. The van der Waals surface area contributed by atoms with E-state index in [1.54, 1.807) is 0 Å². The highest BCUT2D eigenvalue weighted by molar-refractivity contribution is 5.96. The summed E-state index contributed by atoms with van der Waals surface area (Å²) < 4.78 is 5.17. The van der Waals surface area contributed by atoms with Crippen LogP contribution in [0.25, 0.3) is 0 Å². The number of aromatic carboxylic acids is 1. The number of carboxylic acids is 1. The Morgan fingerprint density at radius 2 is 2.09 bits per heavy atom. The SMILES string of the molecule is O=C(O)c1ccc(CN2C(=O)CCc3cc([N+](=O)[O-])ccc32)o1. The van der Waals surface area contributed by atoms with E-state index < -0.39 is 10.9 Å². The van der Waals surface area contributed by atoms with Gasteiger partial charge in [0.25, 0.3) is 5.69 Å². The fraction of sp³-hybridized carbons (Fsp3) is 0.200. The van der Waals surface area contributed by atoms with Crippen LogP contribution in [0.1, 0.15) is 28.3 Å². The first-order chi connectivity index (χ1) is 11.0. The van der Waals surface area contributed by atoms with Gasteiger partial charge in [0.05, 0.1) is 11.5 Å². The zero-order valence-electron chi connectivity index (χ0n) is 11.9. The van der Waals surface area contributed by atoms with E-state index in [1.807, 2.05) is 0 Å². The molecule has 1 aliphatic heterocycles. The number of nitro benzene ring substituents is 1. The molecule has 8 heteroatoms. The highest BCUT2D eigenvalue weighted by Gasteiger charge is 2.27. The van der Waals surface area contributed by atoms with Crippen LogP contribution < -0.4 is 4.90 Å². The van der Waals surface area contributed by atoms with Gasteiger partial charge in [-0.25, -0.2) is 4.79 Å². The normalized spacial score (nSPS) is 13.7. The van der Waals surface area contributed by atoms with Crippen molar-refractivity contribution in [3.8, 4) is 0 Å². The quantitative estimate of drug-likeness (QED) is 0.684. The Bertz CT molecular complexity index is 810. The second-order valence-electron chi connectivity index (χ2n) is 5.12. The number of hydrogen-bond donors (Lipinski definition) is 1. The molecule has 23 heavy (non-hydrogen) atoms. The standard InChI is InChI=1S/C15H12N2O6/c18-14-6-1-9-7-10(17(21)22)2-4-12(9)16(14)8-11-3-5-13(23-11)15(19)20/h2-5,7H,1,6,8H2,(H,19,20). The Morgan fingerprint density at radius 1 is 1.30 bits per heavy atom. The lowest BCUT2D eigenvalue weighted by Gasteiger charge is -2.28. The second-order valence-corrected chi connectivity index (χ2v) is 5.12. The van der Waals surface area contributed by atoms with Crippen molar-refractivity contribution in [2.75, 3.05) is 4.90 Å². The molecule has 0 radical (unpaired) electrons. The second kappa shape index (κ2) is 5.56. The van der Waals surface area contributed by atoms with Crippen molar-refractivity contribution in [2.45, 2.75) is 19.4 Å². The number of anilines is 1. The Kier molecular flexibility index (Phi) is 3.57. The molecule has 0 saturated carbocycles. The summed E-state index contributed by atoms with van der Waals surface area (Å²) in [4.78, 5) is 34.8. The number of carboxylic acid groups (broad SMARTS) is 1. The third-order valence-corrected chi connectivity index (χ3v) is 3.66. The van der Waals surface area contributed by atoms with Crippen molar-refractivity contribution in [2.24, 2.45) is 0 Å². The van der Waals surface area contributed by atoms with Crippen LogP contribution in [0.5, 0.6) is 0 Å². The number of nitrogens with zero attached hydrogens (tertiary/aromatic N) is 2. The molecule has 0 aliphatic carbocycles. The summed E-state index contributed by atoms with van der Waals surface area (Å²) in [5.74, 6) is -1.19. The van der Waals surface area contributed by atoms with Gasteiger partial charge in [-0.05, 0) is 30.2 Å². The first kappa shape index (κ1) is 14.8. The lowest BCUT2D eigenvalue weighted by atomic mass is 10.0. The number of fused-ring (bicyclic) bond motifs is 1. The van der Waals surface area contributed by atoms with E-state index in [-0.39, 0.29) is 30.3 Å². The number of benzene rings is 1. The lowest BCUT2D eigenvalue weighted by Crippen LogP contribution is -2.34. The summed E-state index contributed by atoms with van der Waals surface area (Å²) >= 11 is 0. The number of aryl methyl sites for hydroxylation is 1. The van der Waals surface area contributed by atoms with Gasteiger partial charge in [-0.3, -0.25) is 14.9 Å². The van der Waals surface area contributed by atoms with E-state index in [1.165, 1.54) is 35.2 Å². The molecule has 0 saturated heterocycles. The van der Waals surface area contributed by atoms with Crippen molar-refractivity contribution in [1.29, 1.82) is 0 Å². The van der Waals surface area contributed by atoms with E-state index in [0.717, 1.165) is 0 Å². The smallest absolute Gasteiger partial charge is 0.371 e. The third-order valence-electron chi connectivity index (χ3n) is 3.66. The molecule has 2 aromatic rings. The van der Waals surface area contributed by atoms with E-state index >= 15 is 0 Å². The molecule has 3 rings (SSSR count). The van der Waals surface area contributed by atoms with E-state index in [2.05, 4.69) is 0 Å². The van der Waals surface area contributed by atoms with Gasteiger partial charge in [0.2, 0.25) is 11.7 Å². The highest BCUT2D eigenvalue weighted by atomic mass is 16.6. The van der Waals surface area contributed by atoms with Gasteiger partial charge >= 0.3 is 5.97 Å². The third kappa shape index (κ3) is 2.78. The number of carbonyl (C=O) groups excluding carboxylic acids is 1. The molecular formula is C15H12N2O6. The zero-order valence-corrected chi connectivity index (χ0v) is 11.9. The summed E-state index contributed by atoms with van der Waals surface area (Å²) in [5.41, 5.74) is 1.27. The number of amides is 1. The first-order valence-electron chi connectivity index (χ1n) is 6.85. The summed E-state index contributed by atoms with van der Waals surface area (Å²) in [6.45, 7) is 0.0803. The van der Waals surface area contributed by atoms with Gasteiger partial charge in [-0.15, -0.1) is 0 Å². The number of furan rings is 1. The average Bonchev–Trinajstić information content (AvgIpc) is 2.98. The molecule has 0 spiro atoms. The predicted octanol–water partition coefficient (Wildman–Crippen LogP) is 2.37. The molecule has 2 heterocycles. The van der Waals surface area contributed by atoms with Gasteiger partial charge in [-0.1, -0.05) is 0 Å². The van der Waals surface area contributed by atoms with Crippen LogP contribution in [-0.2, 0) is 17.8 Å². The average molecular weight is 316 g/mol. The van der Waals surface area contributed by atoms with Gasteiger partial charge in [0.1, 0.15) is 5.76 Å². The van der Waals surface area contributed by atoms with Gasteiger partial charge < -0.3 is 14.4 Å². The van der Waals surface area contributed by atoms with Gasteiger partial charge in [0, 0.05) is 24.2 Å². The summed E-state index contributed by atoms with van der Waals surface area (Å²) in [7, 11) is 0. The van der Waals surface area contributed by atoms with Crippen LogP contribution in [0.4, 0.5) is 11.4 Å². The van der Waals surface area contributed by atoms with Crippen LogP contribution in [0.2, 0.25) is 0 Å². The van der Waals surface area contributed by atoms with Crippen LogP contribution in [0.3, 0.4) is 0 Å². The Balaban J connectivity index is 1.91. The number of carbonyl (C=O) groups is 2. The molecule has 1 N–H and O–H groups in total. The largest absolute Gasteiger partial charge is 0.475 e. The minimum atomic E-state index is -1.18.